The molecule has 4 rings (SSSR count). The Balaban J connectivity index is 0.000000886. The minimum atomic E-state index is -1.08. The van der Waals surface area contributed by atoms with E-state index in [1.807, 2.05) is 36.4 Å². The predicted octanol–water partition coefficient (Wildman–Crippen LogP) is 4.25. The third-order valence-electron chi connectivity index (χ3n) is 6.82. The molecule has 2 aromatic rings. The molecular formula is C30H41CrN2O4+. The molecule has 1 aliphatic carbocycles. The molecule has 2 atom stereocenters. The molecule has 37 heavy (non-hydrogen) atoms. The normalized spacial score (nSPS) is 21.9. The average Bonchev–Trinajstić information content (AvgIpc) is 3.12. The van der Waals surface area contributed by atoms with Crippen LogP contribution in [0.1, 0.15) is 96.4 Å². The molecule has 2 N–H and O–H groups in total. The molecular weight excluding hydrogens is 504 g/mol. The number of phenolic OH excluding ortho intramolecular Hbond substituents is 2. The molecule has 2 fully saturated rings. The summed E-state index contributed by atoms with van der Waals surface area (Å²) in [6.45, 7) is 13.8. The van der Waals surface area contributed by atoms with Gasteiger partial charge in [0.25, 0.3) is 0 Å². The number of carboxylic acid groups (broad SMARTS) is 1. The van der Waals surface area contributed by atoms with E-state index in [-0.39, 0.29) is 26.5 Å². The number of hydrogen-bond donors (Lipinski definition) is 2. The van der Waals surface area contributed by atoms with Gasteiger partial charge in [0.1, 0.15) is 0 Å². The van der Waals surface area contributed by atoms with Gasteiger partial charge in [0.2, 0.25) is 0 Å². The molecule has 0 aromatic heterocycles. The van der Waals surface area contributed by atoms with Gasteiger partial charge in [0.15, 0.2) is 0 Å². The van der Waals surface area contributed by atoms with Crippen LogP contribution in [0.15, 0.2) is 36.4 Å². The molecule has 2 unspecified atom stereocenters. The number of benzene rings is 2. The molecule has 0 radical (unpaired) electrons. The number of aromatic hydroxyl groups is 2. The van der Waals surface area contributed by atoms with E-state index in [4.69, 9.17) is 9.90 Å². The second-order valence-corrected chi connectivity index (χ2v) is 13.5. The first-order valence-corrected chi connectivity index (χ1v) is 14.1. The van der Waals surface area contributed by atoms with Crippen molar-refractivity contribution in [3.63, 3.8) is 0 Å². The summed E-state index contributed by atoms with van der Waals surface area (Å²) in [4.78, 5) is 8.89. The van der Waals surface area contributed by atoms with Crippen LogP contribution in [0.2, 0.25) is 0 Å². The molecule has 1 aliphatic heterocycles. The zero-order chi connectivity index (χ0) is 27.5. The zero-order valence-electron chi connectivity index (χ0n) is 23.1. The van der Waals surface area contributed by atoms with Crippen molar-refractivity contribution in [3.05, 3.63) is 58.7 Å². The summed E-state index contributed by atoms with van der Waals surface area (Å²) in [7, 11) is 0. The molecule has 0 bridgehead atoms. The maximum atomic E-state index is 11.0. The number of phenols is 2. The van der Waals surface area contributed by atoms with Gasteiger partial charge in [-0.3, -0.25) is 0 Å². The van der Waals surface area contributed by atoms with Crippen molar-refractivity contribution in [1.29, 1.82) is 0 Å². The number of nitrogens with zero attached hydrogens (tertiary/aromatic N) is 2. The molecule has 1 saturated heterocycles. The summed E-state index contributed by atoms with van der Waals surface area (Å²) in [5.41, 5.74) is 3.55. The van der Waals surface area contributed by atoms with Crippen molar-refractivity contribution in [2.75, 3.05) is 0 Å². The summed E-state index contributed by atoms with van der Waals surface area (Å²) in [5.74, 6) is -0.294. The zero-order valence-corrected chi connectivity index (χ0v) is 24.4. The van der Waals surface area contributed by atoms with E-state index in [9.17, 15) is 10.2 Å². The summed E-state index contributed by atoms with van der Waals surface area (Å²) in [5, 5.41) is 30.9. The van der Waals surface area contributed by atoms with Gasteiger partial charge in [-0.05, 0) is 6.92 Å². The van der Waals surface area contributed by atoms with Gasteiger partial charge in [0.05, 0.1) is 0 Å². The Hall–Kier alpha value is -2.62. The van der Waals surface area contributed by atoms with Gasteiger partial charge >= 0.3 is 206 Å². The Kier molecular flexibility index (Phi) is 8.93. The number of fused-ring (bicyclic) bond motifs is 1. The molecule has 7 heteroatoms. The molecule has 0 amide bonds. The van der Waals surface area contributed by atoms with Gasteiger partial charge in [0, 0.05) is 5.97 Å². The van der Waals surface area contributed by atoms with E-state index in [2.05, 4.69) is 61.1 Å². The summed E-state index contributed by atoms with van der Waals surface area (Å²) >= 11 is 0.0635. The summed E-state index contributed by atoms with van der Waals surface area (Å²) in [6, 6.07) is 13.1. The van der Waals surface area contributed by atoms with Crippen LogP contribution in [0, 0.1) is 0 Å². The van der Waals surface area contributed by atoms with E-state index >= 15 is 0 Å². The molecule has 0 spiro atoms. The third kappa shape index (κ3) is 7.03. The van der Waals surface area contributed by atoms with Crippen LogP contribution in [0.5, 0.6) is 11.5 Å². The van der Waals surface area contributed by atoms with Crippen molar-refractivity contribution in [3.8, 4) is 11.5 Å². The topological polar surface area (TPSA) is 86.6 Å². The third-order valence-corrected chi connectivity index (χ3v) is 8.58. The first-order valence-electron chi connectivity index (χ1n) is 13.0. The number of hydrogen-bond acceptors (Lipinski definition) is 4. The molecule has 2 aliphatic rings. The second-order valence-electron chi connectivity index (χ2n) is 12.0. The van der Waals surface area contributed by atoms with Crippen molar-refractivity contribution < 1.29 is 42.9 Å². The van der Waals surface area contributed by atoms with E-state index in [0.29, 0.717) is 23.6 Å². The van der Waals surface area contributed by atoms with Crippen LogP contribution in [0.25, 0.3) is 0 Å². The number of carbonyl (C=O) groups is 1. The van der Waals surface area contributed by atoms with Crippen molar-refractivity contribution in [2.45, 2.75) is 97.1 Å². The number of aliphatic carboxylic acids is 1. The standard InChI is InChI=1S/C28H38N2O2.C2H4O2.Cr/c1-27(2,3)21-13-9-11-19(25(21)31)17-29-23-15-7-8-16-24(23)30-18-20-12-10-14-22(26(20)32)28(4,5)6;1-2(3)4;/h9-14,17-18,23-24,31-32H,7-8,15-16H2,1-6H3;1H3,(H,3,4);/q;;+2/p-1. The Morgan fingerprint density at radius 3 is 1.51 bits per heavy atom. The van der Waals surface area contributed by atoms with Crippen LogP contribution in [-0.2, 0) is 31.3 Å². The van der Waals surface area contributed by atoms with Crippen molar-refractivity contribution in [1.82, 2.24) is 0 Å². The van der Waals surface area contributed by atoms with Crippen molar-refractivity contribution in [2.24, 2.45) is 0 Å². The number of carboxylic acids is 1. The maximum absolute atomic E-state index is 11.0. The van der Waals surface area contributed by atoms with Crippen LogP contribution in [-0.4, -0.2) is 47.8 Å². The van der Waals surface area contributed by atoms with Crippen LogP contribution in [0.4, 0.5) is 0 Å². The van der Waals surface area contributed by atoms with E-state index < -0.39 is 5.97 Å². The minimum absolute atomic E-state index is 0.0635. The Labute approximate surface area is 228 Å². The van der Waals surface area contributed by atoms with Crippen LogP contribution < -0.4 is 5.11 Å². The van der Waals surface area contributed by atoms with Crippen LogP contribution in [0.3, 0.4) is 0 Å². The Bertz CT molecular complexity index is 1110. The Morgan fingerprint density at radius 1 is 0.838 bits per heavy atom. The van der Waals surface area contributed by atoms with Gasteiger partial charge in [-0.15, -0.1) is 0 Å². The molecule has 6 nitrogen and oxygen atoms in total. The van der Waals surface area contributed by atoms with E-state index in [0.717, 1.165) is 29.2 Å². The average molecular weight is 546 g/mol. The molecule has 2 aromatic carbocycles. The van der Waals surface area contributed by atoms with Crippen LogP contribution >= 0.6 is 0 Å². The SMILES string of the molecule is CC(=O)[O-].CC(C)(C)c1cccc(C=[N+]2[Cr][N+](=Cc3cccc(C(C)(C)C)c3O)C3CCCCC32)c1O. The van der Waals surface area contributed by atoms with Gasteiger partial charge < -0.3 is 9.90 Å². The molecule has 1 saturated carbocycles. The molecule has 200 valence electrons. The summed E-state index contributed by atoms with van der Waals surface area (Å²) in [6.07, 6.45) is 9.17. The first-order chi connectivity index (χ1) is 17.2. The molecule has 1 heterocycles. The second kappa shape index (κ2) is 11.4. The Morgan fingerprint density at radius 2 is 1.19 bits per heavy atom. The van der Waals surface area contributed by atoms with E-state index in [1.54, 1.807) is 0 Å². The quantitative estimate of drug-likeness (QED) is 0.591. The van der Waals surface area contributed by atoms with Gasteiger partial charge in [-0.25, -0.2) is 0 Å². The fourth-order valence-corrected chi connectivity index (χ4v) is 6.96. The number of para-hydroxylation sites is 2. The van der Waals surface area contributed by atoms with Gasteiger partial charge in [-0.1, -0.05) is 0 Å². The van der Waals surface area contributed by atoms with E-state index in [1.165, 1.54) is 25.7 Å². The number of carbonyl (C=O) groups excluding carboxylic acids is 1. The predicted molar refractivity (Wildman–Crippen MR) is 141 cm³/mol. The first kappa shape index (κ1) is 28.9. The number of rotatable bonds is 2. The fraction of sp³-hybridized carbons (Fsp3) is 0.500. The van der Waals surface area contributed by atoms with Crippen molar-refractivity contribution >= 4 is 18.4 Å². The monoisotopic (exact) mass is 545 g/mol. The van der Waals surface area contributed by atoms with Gasteiger partial charge in [-0.2, -0.15) is 0 Å². The fourth-order valence-electron chi connectivity index (χ4n) is 4.97. The summed E-state index contributed by atoms with van der Waals surface area (Å²) < 4.78 is 4.92.